The Morgan fingerprint density at radius 1 is 1.42 bits per heavy atom. The third kappa shape index (κ3) is 2.24. The van der Waals surface area contributed by atoms with E-state index in [1.807, 2.05) is 29.2 Å². The molecule has 1 aliphatic heterocycles. The first-order valence-corrected chi connectivity index (χ1v) is 6.94. The maximum Gasteiger partial charge on any atom is 0.140 e. The maximum absolute atomic E-state index is 10.1. The molecule has 0 bridgehead atoms. The van der Waals surface area contributed by atoms with Crippen molar-refractivity contribution in [2.24, 2.45) is 0 Å². The van der Waals surface area contributed by atoms with Gasteiger partial charge in [0, 0.05) is 8.96 Å². The second-order valence-corrected chi connectivity index (χ2v) is 6.02. The highest BCUT2D eigenvalue weighted by atomic mass is 127. The molecule has 0 amide bonds. The Hall–Kier alpha value is -1.46. The number of nitrogens with zero attached hydrogens (tertiary/aromatic N) is 4. The zero-order valence-electron chi connectivity index (χ0n) is 10.0. The van der Waals surface area contributed by atoms with Crippen LogP contribution >= 0.6 is 22.6 Å². The second kappa shape index (κ2) is 4.58. The zero-order valence-corrected chi connectivity index (χ0v) is 12.2. The van der Waals surface area contributed by atoms with Crippen molar-refractivity contribution in [1.82, 2.24) is 9.97 Å². The third-order valence-electron chi connectivity index (χ3n) is 3.25. The summed E-state index contributed by atoms with van der Waals surface area (Å²) >= 11 is 2.25. The van der Waals surface area contributed by atoms with E-state index in [-0.39, 0.29) is 6.42 Å². The van der Waals surface area contributed by atoms with Crippen LogP contribution in [0.4, 0.5) is 5.82 Å². The number of aliphatic hydroxyl groups is 1. The minimum Gasteiger partial charge on any atom is -0.385 e. The molecule has 0 radical (unpaired) electrons. The van der Waals surface area contributed by atoms with E-state index in [1.54, 1.807) is 0 Å². The molecule has 1 fully saturated rings. The lowest BCUT2D eigenvalue weighted by atomic mass is 9.91. The fraction of sp³-hybridized carbons (Fsp3) is 0.308. The van der Waals surface area contributed by atoms with E-state index in [0.29, 0.717) is 13.1 Å². The minimum absolute atomic E-state index is 0.157. The summed E-state index contributed by atoms with van der Waals surface area (Å²) in [6, 6.07) is 8.02. The first kappa shape index (κ1) is 12.6. The molecule has 2 aromatic rings. The smallest absolute Gasteiger partial charge is 0.140 e. The molecule has 96 valence electrons. The summed E-state index contributed by atoms with van der Waals surface area (Å²) < 4.78 is 1.12. The predicted molar refractivity (Wildman–Crippen MR) is 79.6 cm³/mol. The molecule has 0 unspecified atom stereocenters. The van der Waals surface area contributed by atoms with Crippen LogP contribution in [0.3, 0.4) is 0 Å². The highest BCUT2D eigenvalue weighted by Gasteiger charge is 2.42. The van der Waals surface area contributed by atoms with Crippen LogP contribution in [0.25, 0.3) is 10.9 Å². The van der Waals surface area contributed by atoms with Gasteiger partial charge in [0.15, 0.2) is 0 Å². The van der Waals surface area contributed by atoms with Gasteiger partial charge in [-0.3, -0.25) is 0 Å². The predicted octanol–water partition coefficient (Wildman–Crippen LogP) is 1.70. The number of hydrogen-bond acceptors (Lipinski definition) is 5. The first-order chi connectivity index (χ1) is 9.11. The third-order valence-corrected chi connectivity index (χ3v) is 3.93. The van der Waals surface area contributed by atoms with E-state index in [9.17, 15) is 5.11 Å². The molecule has 1 aromatic heterocycles. The van der Waals surface area contributed by atoms with Crippen LogP contribution in [0.1, 0.15) is 6.42 Å². The average Bonchev–Trinajstić information content (AvgIpc) is 2.35. The number of rotatable bonds is 2. The number of nitriles is 1. The van der Waals surface area contributed by atoms with Crippen molar-refractivity contribution in [2.45, 2.75) is 12.0 Å². The van der Waals surface area contributed by atoms with Gasteiger partial charge < -0.3 is 10.0 Å². The van der Waals surface area contributed by atoms with Gasteiger partial charge in [0.2, 0.25) is 0 Å². The topological polar surface area (TPSA) is 73.0 Å². The molecule has 1 aliphatic rings. The fourth-order valence-corrected chi connectivity index (χ4v) is 2.83. The van der Waals surface area contributed by atoms with Crippen LogP contribution in [-0.2, 0) is 0 Å². The zero-order chi connectivity index (χ0) is 13.5. The van der Waals surface area contributed by atoms with Gasteiger partial charge in [-0.1, -0.05) is 0 Å². The van der Waals surface area contributed by atoms with E-state index in [1.165, 1.54) is 6.33 Å². The number of aromatic nitrogens is 2. The van der Waals surface area contributed by atoms with Crippen molar-refractivity contribution in [3.63, 3.8) is 0 Å². The van der Waals surface area contributed by atoms with Crippen molar-refractivity contribution in [2.75, 3.05) is 18.0 Å². The number of anilines is 1. The quantitative estimate of drug-likeness (QED) is 0.820. The molecule has 0 saturated carbocycles. The van der Waals surface area contributed by atoms with Gasteiger partial charge in [-0.05, 0) is 40.8 Å². The van der Waals surface area contributed by atoms with E-state index in [0.717, 1.165) is 20.3 Å². The highest BCUT2D eigenvalue weighted by molar-refractivity contribution is 14.1. The SMILES string of the molecule is N#CCC1(O)CN(c2ncnc3ccc(I)cc23)C1. The van der Waals surface area contributed by atoms with E-state index >= 15 is 0 Å². The van der Waals surface area contributed by atoms with E-state index in [4.69, 9.17) is 5.26 Å². The largest absolute Gasteiger partial charge is 0.385 e. The van der Waals surface area contributed by atoms with Crippen LogP contribution in [0.2, 0.25) is 0 Å². The van der Waals surface area contributed by atoms with Crippen molar-refractivity contribution in [1.29, 1.82) is 5.26 Å². The molecule has 6 heteroatoms. The summed E-state index contributed by atoms with van der Waals surface area (Å²) in [5, 5.41) is 19.7. The number of hydrogen-bond donors (Lipinski definition) is 1. The van der Waals surface area contributed by atoms with Crippen LogP contribution in [-0.4, -0.2) is 33.8 Å². The summed E-state index contributed by atoms with van der Waals surface area (Å²) in [6.45, 7) is 0.885. The Balaban J connectivity index is 1.95. The van der Waals surface area contributed by atoms with Crippen molar-refractivity contribution in [3.05, 3.63) is 28.1 Å². The normalized spacial score (nSPS) is 17.0. The summed E-state index contributed by atoms with van der Waals surface area (Å²) in [6.07, 6.45) is 1.69. The maximum atomic E-state index is 10.1. The van der Waals surface area contributed by atoms with Crippen molar-refractivity contribution < 1.29 is 5.11 Å². The Labute approximate surface area is 124 Å². The van der Waals surface area contributed by atoms with E-state index < -0.39 is 5.60 Å². The van der Waals surface area contributed by atoms with Gasteiger partial charge in [0.25, 0.3) is 0 Å². The summed E-state index contributed by atoms with van der Waals surface area (Å²) in [5.74, 6) is 0.825. The molecule has 1 N–H and O–H groups in total. The molecule has 0 spiro atoms. The molecule has 3 rings (SSSR count). The monoisotopic (exact) mass is 366 g/mol. The summed E-state index contributed by atoms with van der Waals surface area (Å²) in [5.41, 5.74) is -0.00494. The Morgan fingerprint density at radius 3 is 2.95 bits per heavy atom. The average molecular weight is 366 g/mol. The van der Waals surface area contributed by atoms with Gasteiger partial charge in [0.05, 0.1) is 31.1 Å². The minimum atomic E-state index is -0.895. The highest BCUT2D eigenvalue weighted by Crippen LogP contribution is 2.32. The number of fused-ring (bicyclic) bond motifs is 1. The Kier molecular flexibility index (Phi) is 3.03. The lowest BCUT2D eigenvalue weighted by Crippen LogP contribution is -2.62. The molecule has 1 saturated heterocycles. The summed E-state index contributed by atoms with van der Waals surface area (Å²) in [7, 11) is 0. The van der Waals surface area contributed by atoms with Crippen LogP contribution in [0, 0.1) is 14.9 Å². The molecule has 0 atom stereocenters. The van der Waals surface area contributed by atoms with Gasteiger partial charge in [-0.25, -0.2) is 9.97 Å². The lowest BCUT2D eigenvalue weighted by molar-refractivity contribution is 0.0164. The lowest BCUT2D eigenvalue weighted by Gasteiger charge is -2.46. The summed E-state index contributed by atoms with van der Waals surface area (Å²) in [4.78, 5) is 10.5. The van der Waals surface area contributed by atoms with E-state index in [2.05, 4.69) is 32.6 Å². The molecular formula is C13H11IN4O. The molecule has 5 nitrogen and oxygen atoms in total. The number of halogens is 1. The molecule has 0 aliphatic carbocycles. The Morgan fingerprint density at radius 2 is 2.21 bits per heavy atom. The number of β-amino-alcohol motifs (C(OH)–C–C–N with tert-alkyl or cyclic N) is 1. The van der Waals surface area contributed by atoms with Crippen LogP contribution < -0.4 is 4.90 Å². The van der Waals surface area contributed by atoms with Crippen molar-refractivity contribution in [3.8, 4) is 6.07 Å². The van der Waals surface area contributed by atoms with Gasteiger partial charge in [0.1, 0.15) is 17.7 Å². The van der Waals surface area contributed by atoms with Crippen LogP contribution in [0.5, 0.6) is 0 Å². The Bertz CT molecular complexity index is 676. The standard InChI is InChI=1S/C13H11IN4O/c14-9-1-2-11-10(5-9)12(17-8-16-11)18-6-13(19,7-18)3-4-15/h1-2,5,8,19H,3,6-7H2. The fourth-order valence-electron chi connectivity index (χ4n) is 2.34. The molecular weight excluding hydrogens is 355 g/mol. The van der Waals surface area contributed by atoms with Gasteiger partial charge >= 0.3 is 0 Å². The van der Waals surface area contributed by atoms with Gasteiger partial charge in [-0.2, -0.15) is 5.26 Å². The molecule has 19 heavy (non-hydrogen) atoms. The van der Waals surface area contributed by atoms with Gasteiger partial charge in [-0.15, -0.1) is 0 Å². The number of benzene rings is 1. The second-order valence-electron chi connectivity index (χ2n) is 4.77. The van der Waals surface area contributed by atoms with Crippen LogP contribution in [0.15, 0.2) is 24.5 Å². The molecule has 1 aromatic carbocycles. The van der Waals surface area contributed by atoms with Crippen molar-refractivity contribution >= 4 is 39.3 Å². The molecule has 2 heterocycles. The first-order valence-electron chi connectivity index (χ1n) is 5.86.